The van der Waals surface area contributed by atoms with Crippen molar-refractivity contribution >= 4 is 11.9 Å². The summed E-state index contributed by atoms with van der Waals surface area (Å²) in [5, 5.41) is 3.52. The van der Waals surface area contributed by atoms with Gasteiger partial charge in [0.15, 0.2) is 5.96 Å². The lowest BCUT2D eigenvalue weighted by Gasteiger charge is -2.40. The number of likely N-dealkylation sites (tertiary alicyclic amines) is 1. The van der Waals surface area contributed by atoms with Gasteiger partial charge in [0, 0.05) is 51.7 Å². The molecule has 0 spiro atoms. The summed E-state index contributed by atoms with van der Waals surface area (Å²) in [6.07, 6.45) is 4.12. The highest BCUT2D eigenvalue weighted by atomic mass is 19.1. The fourth-order valence-corrected chi connectivity index (χ4v) is 4.44. The van der Waals surface area contributed by atoms with E-state index in [4.69, 9.17) is 10.5 Å². The van der Waals surface area contributed by atoms with Crippen LogP contribution < -0.4 is 11.1 Å². The second-order valence-corrected chi connectivity index (χ2v) is 7.93. The average Bonchev–Trinajstić information content (AvgIpc) is 2.69. The van der Waals surface area contributed by atoms with E-state index < -0.39 is 0 Å². The van der Waals surface area contributed by atoms with E-state index in [0.29, 0.717) is 26.2 Å². The number of guanidine groups is 1. The minimum Gasteiger partial charge on any atom is -0.381 e. The van der Waals surface area contributed by atoms with Crippen molar-refractivity contribution in [2.45, 2.75) is 37.5 Å². The van der Waals surface area contributed by atoms with Gasteiger partial charge in [-0.3, -0.25) is 9.79 Å². The number of carbonyl (C=O) groups is 1. The van der Waals surface area contributed by atoms with Gasteiger partial charge in [0.25, 0.3) is 0 Å². The minimum absolute atomic E-state index is 0.182. The minimum atomic E-state index is -0.248. The summed E-state index contributed by atoms with van der Waals surface area (Å²) < 4.78 is 19.4. The first-order chi connectivity index (χ1) is 13.5. The van der Waals surface area contributed by atoms with Gasteiger partial charge in [-0.05, 0) is 49.3 Å². The Balaban J connectivity index is 1.70. The van der Waals surface area contributed by atoms with Gasteiger partial charge in [-0.1, -0.05) is 12.1 Å². The number of carbonyl (C=O) groups excluding carboxylic acids is 1. The van der Waals surface area contributed by atoms with Crippen LogP contribution in [0.1, 0.15) is 37.7 Å². The zero-order valence-electron chi connectivity index (χ0n) is 16.6. The quantitative estimate of drug-likeness (QED) is 0.596. The van der Waals surface area contributed by atoms with Crippen LogP contribution in [0, 0.1) is 11.7 Å². The first-order valence-corrected chi connectivity index (χ1v) is 10.1. The van der Waals surface area contributed by atoms with Crippen LogP contribution in [0.15, 0.2) is 29.3 Å². The zero-order chi connectivity index (χ0) is 20.0. The molecule has 0 bridgehead atoms. The van der Waals surface area contributed by atoms with Crippen molar-refractivity contribution in [1.82, 2.24) is 10.2 Å². The van der Waals surface area contributed by atoms with E-state index in [-0.39, 0.29) is 23.1 Å². The molecule has 7 heteroatoms. The number of nitrogens with zero attached hydrogens (tertiary/aromatic N) is 2. The van der Waals surface area contributed by atoms with Crippen LogP contribution in [0.5, 0.6) is 0 Å². The Labute approximate surface area is 166 Å². The second kappa shape index (κ2) is 9.37. The van der Waals surface area contributed by atoms with E-state index >= 15 is 0 Å². The predicted molar refractivity (Wildman–Crippen MR) is 108 cm³/mol. The number of benzene rings is 1. The van der Waals surface area contributed by atoms with Crippen LogP contribution in [-0.4, -0.2) is 56.7 Å². The molecule has 2 saturated heterocycles. The van der Waals surface area contributed by atoms with E-state index in [1.165, 1.54) is 6.07 Å². The smallest absolute Gasteiger partial charge is 0.217 e. The third-order valence-electron chi connectivity index (χ3n) is 5.99. The van der Waals surface area contributed by atoms with Gasteiger partial charge in [0.1, 0.15) is 5.82 Å². The fourth-order valence-electron chi connectivity index (χ4n) is 4.44. The number of piperidine rings is 1. The first-order valence-electron chi connectivity index (χ1n) is 10.1. The SMILES string of the molecule is CN=C(NCC1(c2cccc(F)c2)CCOCC1)N1CCCC(CC(N)=O)C1. The molecular weight excluding hydrogens is 359 g/mol. The number of halogens is 1. The maximum Gasteiger partial charge on any atom is 0.217 e. The average molecular weight is 391 g/mol. The van der Waals surface area contributed by atoms with Crippen LogP contribution in [0.4, 0.5) is 4.39 Å². The van der Waals surface area contributed by atoms with E-state index in [1.54, 1.807) is 19.2 Å². The summed E-state index contributed by atoms with van der Waals surface area (Å²) in [5.74, 6) is 0.640. The topological polar surface area (TPSA) is 80.0 Å². The zero-order valence-corrected chi connectivity index (χ0v) is 16.6. The molecule has 0 saturated carbocycles. The van der Waals surface area contributed by atoms with Crippen LogP contribution in [0.25, 0.3) is 0 Å². The molecular formula is C21H31FN4O2. The van der Waals surface area contributed by atoms with Crippen molar-refractivity contribution in [1.29, 1.82) is 0 Å². The standard InChI is InChI=1S/C21H31FN4O2/c1-24-20(26-9-3-4-16(14-26)12-19(23)27)25-15-21(7-10-28-11-8-21)17-5-2-6-18(22)13-17/h2,5-6,13,16H,3-4,7-12,14-15H2,1H3,(H2,23,27)(H,24,25). The number of amides is 1. The monoisotopic (exact) mass is 390 g/mol. The summed E-state index contributed by atoms with van der Waals surface area (Å²) >= 11 is 0. The van der Waals surface area contributed by atoms with Crippen LogP contribution in [0.3, 0.4) is 0 Å². The summed E-state index contributed by atoms with van der Waals surface area (Å²) in [6.45, 7) is 3.69. The lowest BCUT2D eigenvalue weighted by atomic mass is 9.74. The predicted octanol–water partition coefficient (Wildman–Crippen LogP) is 2.04. The van der Waals surface area contributed by atoms with E-state index in [2.05, 4.69) is 15.2 Å². The Hall–Kier alpha value is -2.15. The first kappa shape index (κ1) is 20.6. The number of primary amides is 1. The maximum absolute atomic E-state index is 13.9. The number of aliphatic imine (C=N–C) groups is 1. The number of nitrogens with one attached hydrogen (secondary N) is 1. The van der Waals surface area contributed by atoms with Crippen LogP contribution >= 0.6 is 0 Å². The van der Waals surface area contributed by atoms with Gasteiger partial charge in [0.05, 0.1) is 0 Å². The molecule has 2 heterocycles. The Bertz CT molecular complexity index is 703. The molecule has 2 aliphatic rings. The Morgan fingerprint density at radius 3 is 2.89 bits per heavy atom. The second-order valence-electron chi connectivity index (χ2n) is 7.93. The van der Waals surface area contributed by atoms with Gasteiger partial charge < -0.3 is 20.7 Å². The van der Waals surface area contributed by atoms with Crippen molar-refractivity contribution in [3.8, 4) is 0 Å². The molecule has 1 amide bonds. The summed E-state index contributed by atoms with van der Waals surface area (Å²) in [7, 11) is 1.78. The van der Waals surface area contributed by atoms with Crippen molar-refractivity contribution in [3.63, 3.8) is 0 Å². The highest BCUT2D eigenvalue weighted by Gasteiger charge is 2.35. The van der Waals surface area contributed by atoms with E-state index in [1.807, 2.05) is 6.07 Å². The normalized spacial score (nSPS) is 22.7. The Morgan fingerprint density at radius 1 is 1.43 bits per heavy atom. The van der Waals surface area contributed by atoms with Crippen molar-refractivity contribution < 1.29 is 13.9 Å². The van der Waals surface area contributed by atoms with E-state index in [9.17, 15) is 9.18 Å². The molecule has 1 atom stereocenters. The molecule has 6 nitrogen and oxygen atoms in total. The lowest BCUT2D eigenvalue weighted by Crippen LogP contribution is -2.51. The van der Waals surface area contributed by atoms with Gasteiger partial charge >= 0.3 is 0 Å². The van der Waals surface area contributed by atoms with Gasteiger partial charge in [-0.25, -0.2) is 4.39 Å². The summed E-state index contributed by atoms with van der Waals surface area (Å²) in [4.78, 5) is 18.0. The van der Waals surface area contributed by atoms with Gasteiger partial charge in [0.2, 0.25) is 5.91 Å². The third kappa shape index (κ3) is 5.01. The molecule has 2 aliphatic heterocycles. The van der Waals surface area contributed by atoms with Crippen molar-refractivity contribution in [3.05, 3.63) is 35.6 Å². The highest BCUT2D eigenvalue weighted by molar-refractivity contribution is 5.80. The summed E-state index contributed by atoms with van der Waals surface area (Å²) in [6, 6.07) is 6.90. The summed E-state index contributed by atoms with van der Waals surface area (Å²) in [5.41, 5.74) is 6.20. The molecule has 154 valence electrons. The molecule has 0 aliphatic carbocycles. The van der Waals surface area contributed by atoms with Gasteiger partial charge in [-0.15, -0.1) is 0 Å². The molecule has 0 aromatic heterocycles. The number of hydrogen-bond acceptors (Lipinski definition) is 3. The molecule has 1 aromatic rings. The van der Waals surface area contributed by atoms with Crippen LogP contribution in [0.2, 0.25) is 0 Å². The third-order valence-corrected chi connectivity index (χ3v) is 5.99. The Morgan fingerprint density at radius 2 is 2.21 bits per heavy atom. The molecule has 0 radical (unpaired) electrons. The molecule has 28 heavy (non-hydrogen) atoms. The van der Waals surface area contributed by atoms with Gasteiger partial charge in [-0.2, -0.15) is 0 Å². The molecule has 3 N–H and O–H groups in total. The molecule has 3 rings (SSSR count). The number of nitrogens with two attached hydrogens (primary N) is 1. The fraction of sp³-hybridized carbons (Fsp3) is 0.619. The van der Waals surface area contributed by atoms with E-state index in [0.717, 1.165) is 50.3 Å². The van der Waals surface area contributed by atoms with Crippen molar-refractivity contribution in [2.75, 3.05) is 39.9 Å². The molecule has 1 unspecified atom stereocenters. The lowest BCUT2D eigenvalue weighted by molar-refractivity contribution is -0.119. The number of hydrogen-bond donors (Lipinski definition) is 2. The van der Waals surface area contributed by atoms with Crippen LogP contribution in [-0.2, 0) is 14.9 Å². The highest BCUT2D eigenvalue weighted by Crippen LogP contribution is 2.34. The number of ether oxygens (including phenoxy) is 1. The Kier molecular flexibility index (Phi) is 6.88. The molecule has 1 aromatic carbocycles. The molecule has 2 fully saturated rings. The largest absolute Gasteiger partial charge is 0.381 e. The van der Waals surface area contributed by atoms with Crippen molar-refractivity contribution in [2.24, 2.45) is 16.6 Å². The maximum atomic E-state index is 13.9. The number of rotatable bonds is 5.